The summed E-state index contributed by atoms with van der Waals surface area (Å²) in [7, 11) is 0. The van der Waals surface area contributed by atoms with E-state index in [0.29, 0.717) is 32.8 Å². The number of carbonyl (C=O) groups is 1. The van der Waals surface area contributed by atoms with Crippen molar-refractivity contribution in [2.24, 2.45) is 0 Å². The third-order valence-electron chi connectivity index (χ3n) is 5.04. The van der Waals surface area contributed by atoms with E-state index in [9.17, 15) is 9.90 Å². The van der Waals surface area contributed by atoms with Crippen LogP contribution in [0.1, 0.15) is 25.3 Å². The zero-order chi connectivity index (χ0) is 18.4. The first kappa shape index (κ1) is 19.1. The van der Waals surface area contributed by atoms with E-state index in [0.717, 1.165) is 24.4 Å². The molecule has 26 heavy (non-hydrogen) atoms. The van der Waals surface area contributed by atoms with Crippen LogP contribution in [0.2, 0.25) is 0 Å². The summed E-state index contributed by atoms with van der Waals surface area (Å²) in [5.41, 5.74) is -0.122. The van der Waals surface area contributed by atoms with E-state index in [-0.39, 0.29) is 18.9 Å². The Bertz CT molecular complexity index is 603. The van der Waals surface area contributed by atoms with E-state index < -0.39 is 5.60 Å². The van der Waals surface area contributed by atoms with Gasteiger partial charge in [-0.15, -0.1) is 0 Å². The van der Waals surface area contributed by atoms with Crippen molar-refractivity contribution >= 4 is 5.91 Å². The molecule has 6 nitrogen and oxygen atoms in total. The van der Waals surface area contributed by atoms with Crippen LogP contribution in [0.3, 0.4) is 0 Å². The van der Waals surface area contributed by atoms with Crippen molar-refractivity contribution in [2.45, 2.75) is 31.8 Å². The lowest BCUT2D eigenvalue weighted by Crippen LogP contribution is -2.53. The average Bonchev–Trinajstić information content (AvgIpc) is 3.04. The Morgan fingerprint density at radius 3 is 2.81 bits per heavy atom. The van der Waals surface area contributed by atoms with Crippen molar-refractivity contribution in [1.82, 2.24) is 9.80 Å². The topological polar surface area (TPSA) is 62.2 Å². The maximum absolute atomic E-state index is 12.9. The van der Waals surface area contributed by atoms with Crippen LogP contribution >= 0.6 is 0 Å². The zero-order valence-electron chi connectivity index (χ0n) is 15.7. The maximum atomic E-state index is 12.9. The predicted molar refractivity (Wildman–Crippen MR) is 99.3 cm³/mol. The molecule has 2 heterocycles. The van der Waals surface area contributed by atoms with Crippen LogP contribution < -0.4 is 4.74 Å². The zero-order valence-corrected chi connectivity index (χ0v) is 15.7. The Morgan fingerprint density at radius 1 is 1.27 bits per heavy atom. The van der Waals surface area contributed by atoms with E-state index in [1.165, 1.54) is 12.8 Å². The fourth-order valence-corrected chi connectivity index (χ4v) is 3.80. The molecule has 1 unspecified atom stereocenters. The maximum Gasteiger partial charge on any atom is 0.227 e. The smallest absolute Gasteiger partial charge is 0.227 e. The highest BCUT2D eigenvalue weighted by Crippen LogP contribution is 2.22. The molecule has 1 aromatic carbocycles. The third kappa shape index (κ3) is 4.96. The Morgan fingerprint density at radius 2 is 2.04 bits per heavy atom. The van der Waals surface area contributed by atoms with Gasteiger partial charge in [0, 0.05) is 18.7 Å². The van der Waals surface area contributed by atoms with Gasteiger partial charge in [0.15, 0.2) is 0 Å². The molecule has 1 aromatic rings. The predicted octanol–water partition coefficient (Wildman–Crippen LogP) is 1.31. The molecule has 1 amide bonds. The quantitative estimate of drug-likeness (QED) is 0.827. The van der Waals surface area contributed by atoms with Crippen molar-refractivity contribution in [2.75, 3.05) is 52.5 Å². The molecule has 1 N–H and O–H groups in total. The summed E-state index contributed by atoms with van der Waals surface area (Å²) >= 11 is 0. The lowest BCUT2D eigenvalue weighted by Gasteiger charge is -2.34. The molecule has 0 spiro atoms. The van der Waals surface area contributed by atoms with Crippen LogP contribution in [0.5, 0.6) is 5.75 Å². The van der Waals surface area contributed by atoms with Gasteiger partial charge in [-0.25, -0.2) is 0 Å². The van der Waals surface area contributed by atoms with Crippen molar-refractivity contribution in [3.05, 3.63) is 29.8 Å². The minimum atomic E-state index is -1.00. The Balaban J connectivity index is 1.66. The lowest BCUT2D eigenvalue weighted by molar-refractivity contribution is -0.133. The molecule has 144 valence electrons. The highest BCUT2D eigenvalue weighted by Gasteiger charge is 2.36. The Kier molecular flexibility index (Phi) is 6.51. The lowest BCUT2D eigenvalue weighted by atomic mass is 10.0. The van der Waals surface area contributed by atoms with Crippen LogP contribution in [0.15, 0.2) is 24.3 Å². The van der Waals surface area contributed by atoms with Crippen molar-refractivity contribution in [3.8, 4) is 5.75 Å². The number of likely N-dealkylation sites (tertiary alicyclic amines) is 1. The summed E-state index contributed by atoms with van der Waals surface area (Å²) < 4.78 is 11.2. The molecule has 0 radical (unpaired) electrons. The SMILES string of the molecule is CCOc1ccccc1CC(=O)N1CCOCC(O)(CN2CCCC2)C1. The molecule has 1 atom stereocenters. The van der Waals surface area contributed by atoms with Crippen molar-refractivity contribution in [3.63, 3.8) is 0 Å². The molecule has 0 bridgehead atoms. The van der Waals surface area contributed by atoms with Crippen LogP contribution in [0, 0.1) is 0 Å². The van der Waals surface area contributed by atoms with Gasteiger partial charge in [-0.2, -0.15) is 0 Å². The van der Waals surface area contributed by atoms with Gasteiger partial charge < -0.3 is 24.4 Å². The van der Waals surface area contributed by atoms with E-state index in [1.54, 1.807) is 4.90 Å². The van der Waals surface area contributed by atoms with Gasteiger partial charge in [0.05, 0.1) is 32.8 Å². The number of benzene rings is 1. The molecule has 6 heteroatoms. The van der Waals surface area contributed by atoms with Crippen molar-refractivity contribution in [1.29, 1.82) is 0 Å². The number of nitrogens with zero attached hydrogens (tertiary/aromatic N) is 2. The molecule has 0 aliphatic carbocycles. The van der Waals surface area contributed by atoms with Gasteiger partial charge in [0.2, 0.25) is 5.91 Å². The van der Waals surface area contributed by atoms with Gasteiger partial charge in [0.1, 0.15) is 11.4 Å². The minimum Gasteiger partial charge on any atom is -0.494 e. The van der Waals surface area contributed by atoms with E-state index in [4.69, 9.17) is 9.47 Å². The summed E-state index contributed by atoms with van der Waals surface area (Å²) in [5.74, 6) is 0.754. The number of rotatable bonds is 6. The van der Waals surface area contributed by atoms with Gasteiger partial charge >= 0.3 is 0 Å². The molecule has 2 aliphatic heterocycles. The molecule has 0 saturated carbocycles. The molecule has 2 saturated heterocycles. The number of para-hydroxylation sites is 1. The molecule has 0 aromatic heterocycles. The summed E-state index contributed by atoms with van der Waals surface area (Å²) in [6, 6.07) is 7.64. The van der Waals surface area contributed by atoms with E-state index >= 15 is 0 Å². The number of ether oxygens (including phenoxy) is 2. The second-order valence-electron chi connectivity index (χ2n) is 7.29. The van der Waals surface area contributed by atoms with Crippen LogP contribution in [0.4, 0.5) is 0 Å². The highest BCUT2D eigenvalue weighted by molar-refractivity contribution is 5.79. The first-order chi connectivity index (χ1) is 12.6. The number of β-amino-alcohol motifs (C(OH)–C–C–N with tert-alkyl or cyclic N) is 1. The fraction of sp³-hybridized carbons (Fsp3) is 0.650. The second kappa shape index (κ2) is 8.84. The first-order valence-corrected chi connectivity index (χ1v) is 9.60. The summed E-state index contributed by atoms with van der Waals surface area (Å²) in [6.45, 7) is 6.66. The Hall–Kier alpha value is -1.63. The molecular weight excluding hydrogens is 332 g/mol. The number of aliphatic hydroxyl groups is 1. The van der Waals surface area contributed by atoms with E-state index in [1.807, 2.05) is 31.2 Å². The molecule has 2 fully saturated rings. The van der Waals surface area contributed by atoms with Crippen LogP contribution in [-0.2, 0) is 16.0 Å². The van der Waals surface area contributed by atoms with Gasteiger partial charge in [-0.3, -0.25) is 4.79 Å². The van der Waals surface area contributed by atoms with Gasteiger partial charge in [-0.05, 0) is 38.9 Å². The summed E-state index contributed by atoms with van der Waals surface area (Å²) in [4.78, 5) is 16.9. The Labute approximate surface area is 155 Å². The summed E-state index contributed by atoms with van der Waals surface area (Å²) in [6.07, 6.45) is 2.62. The highest BCUT2D eigenvalue weighted by atomic mass is 16.5. The average molecular weight is 362 g/mol. The van der Waals surface area contributed by atoms with E-state index in [2.05, 4.69) is 4.90 Å². The van der Waals surface area contributed by atoms with Gasteiger partial charge in [0.25, 0.3) is 0 Å². The number of hydrogen-bond donors (Lipinski definition) is 1. The normalized spacial score (nSPS) is 24.5. The first-order valence-electron chi connectivity index (χ1n) is 9.60. The summed E-state index contributed by atoms with van der Waals surface area (Å²) in [5, 5.41) is 11.1. The molecular formula is C20H30N2O4. The van der Waals surface area contributed by atoms with Gasteiger partial charge in [-0.1, -0.05) is 18.2 Å². The molecule has 2 aliphatic rings. The minimum absolute atomic E-state index is 0.00231. The second-order valence-corrected chi connectivity index (χ2v) is 7.29. The number of hydrogen-bond acceptors (Lipinski definition) is 5. The van der Waals surface area contributed by atoms with Crippen molar-refractivity contribution < 1.29 is 19.4 Å². The number of amides is 1. The monoisotopic (exact) mass is 362 g/mol. The standard InChI is InChI=1S/C20H30N2O4/c1-2-26-18-8-4-3-7-17(18)13-19(23)22-11-12-25-16-20(24,15-22)14-21-9-5-6-10-21/h3-4,7-8,24H,2,5-6,9-16H2,1H3. The largest absolute Gasteiger partial charge is 0.494 e. The third-order valence-corrected chi connectivity index (χ3v) is 5.04. The molecule has 3 rings (SSSR count). The number of carbonyl (C=O) groups excluding carboxylic acids is 1. The fourth-order valence-electron chi connectivity index (χ4n) is 3.80. The van der Waals surface area contributed by atoms with Crippen LogP contribution in [-0.4, -0.2) is 79.0 Å². The van der Waals surface area contributed by atoms with Crippen LogP contribution in [0.25, 0.3) is 0 Å².